The molecule has 1 N–H and O–H groups in total. The van der Waals surface area contributed by atoms with E-state index in [9.17, 15) is 0 Å². The highest BCUT2D eigenvalue weighted by atomic mass is 15.1. The van der Waals surface area contributed by atoms with Crippen LogP contribution in [0.1, 0.15) is 52.9 Å². The van der Waals surface area contributed by atoms with Crippen molar-refractivity contribution < 1.29 is 0 Å². The summed E-state index contributed by atoms with van der Waals surface area (Å²) in [7, 11) is 2.25. The second-order valence-electron chi connectivity index (χ2n) is 5.32. The molecule has 2 heteroatoms. The molecule has 0 unspecified atom stereocenters. The summed E-state index contributed by atoms with van der Waals surface area (Å²) < 4.78 is 0. The Hall–Kier alpha value is -0.0800. The summed E-state index contributed by atoms with van der Waals surface area (Å²) in [6.45, 7) is 11.6. The van der Waals surface area contributed by atoms with Crippen molar-refractivity contribution in [2.24, 2.45) is 5.92 Å². The SMILES string of the molecule is CCCCCN(C)CCCCNCC(C)C. The van der Waals surface area contributed by atoms with Gasteiger partial charge in [0, 0.05) is 0 Å². The van der Waals surface area contributed by atoms with Gasteiger partial charge in [0.05, 0.1) is 0 Å². The Morgan fingerprint density at radius 3 is 2.19 bits per heavy atom. The summed E-state index contributed by atoms with van der Waals surface area (Å²) in [4.78, 5) is 2.47. The lowest BCUT2D eigenvalue weighted by Gasteiger charge is -2.16. The van der Waals surface area contributed by atoms with Crippen LogP contribution < -0.4 is 5.32 Å². The third-order valence-corrected chi connectivity index (χ3v) is 2.84. The highest BCUT2D eigenvalue weighted by Gasteiger charge is 1.98. The maximum atomic E-state index is 3.49. The molecule has 0 rings (SSSR count). The zero-order chi connectivity index (χ0) is 12.2. The first kappa shape index (κ1) is 15.9. The first-order chi connectivity index (χ1) is 7.66. The molecule has 0 aromatic rings. The maximum Gasteiger partial charge on any atom is -0.00213 e. The van der Waals surface area contributed by atoms with E-state index in [4.69, 9.17) is 0 Å². The van der Waals surface area contributed by atoms with Gasteiger partial charge in [-0.25, -0.2) is 0 Å². The fourth-order valence-electron chi connectivity index (χ4n) is 1.77. The third-order valence-electron chi connectivity index (χ3n) is 2.84. The molecular weight excluding hydrogens is 196 g/mol. The molecule has 0 saturated heterocycles. The second-order valence-corrected chi connectivity index (χ2v) is 5.32. The summed E-state index contributed by atoms with van der Waals surface area (Å²) in [5, 5.41) is 3.49. The van der Waals surface area contributed by atoms with Gasteiger partial charge in [0.1, 0.15) is 0 Å². The topological polar surface area (TPSA) is 15.3 Å². The van der Waals surface area contributed by atoms with Crippen LogP contribution in [0.3, 0.4) is 0 Å². The molecule has 0 heterocycles. The minimum Gasteiger partial charge on any atom is -0.316 e. The van der Waals surface area contributed by atoms with Crippen molar-refractivity contribution in [2.75, 3.05) is 33.2 Å². The van der Waals surface area contributed by atoms with Crippen molar-refractivity contribution in [3.63, 3.8) is 0 Å². The van der Waals surface area contributed by atoms with Gasteiger partial charge < -0.3 is 10.2 Å². The monoisotopic (exact) mass is 228 g/mol. The predicted molar refractivity (Wildman–Crippen MR) is 74.0 cm³/mol. The zero-order valence-corrected chi connectivity index (χ0v) is 11.9. The number of nitrogens with one attached hydrogen (secondary N) is 1. The molecule has 16 heavy (non-hydrogen) atoms. The van der Waals surface area contributed by atoms with Gasteiger partial charge >= 0.3 is 0 Å². The molecule has 0 amide bonds. The minimum absolute atomic E-state index is 0.775. The zero-order valence-electron chi connectivity index (χ0n) is 11.9. The first-order valence-corrected chi connectivity index (χ1v) is 7.06. The molecule has 0 spiro atoms. The van der Waals surface area contributed by atoms with Crippen molar-refractivity contribution >= 4 is 0 Å². The molecule has 0 aliphatic heterocycles. The highest BCUT2D eigenvalue weighted by molar-refractivity contribution is 4.55. The maximum absolute atomic E-state index is 3.49. The van der Waals surface area contributed by atoms with Crippen molar-refractivity contribution in [3.8, 4) is 0 Å². The van der Waals surface area contributed by atoms with E-state index in [0.717, 1.165) is 12.5 Å². The van der Waals surface area contributed by atoms with E-state index in [2.05, 4.69) is 38.0 Å². The number of rotatable bonds is 11. The van der Waals surface area contributed by atoms with Crippen LogP contribution in [-0.4, -0.2) is 38.1 Å². The van der Waals surface area contributed by atoms with Crippen LogP contribution in [0.15, 0.2) is 0 Å². The average Bonchev–Trinajstić information content (AvgIpc) is 2.23. The molecule has 0 atom stereocenters. The molecule has 0 aliphatic carbocycles. The van der Waals surface area contributed by atoms with Crippen LogP contribution in [0.25, 0.3) is 0 Å². The normalized spacial score (nSPS) is 11.6. The molecule has 0 aliphatic rings. The van der Waals surface area contributed by atoms with Crippen LogP contribution >= 0.6 is 0 Å². The lowest BCUT2D eigenvalue weighted by atomic mass is 10.2. The third kappa shape index (κ3) is 12.0. The predicted octanol–water partition coefficient (Wildman–Crippen LogP) is 3.13. The Balaban J connectivity index is 3.12. The summed E-state index contributed by atoms with van der Waals surface area (Å²) in [6.07, 6.45) is 6.70. The van der Waals surface area contributed by atoms with Crippen LogP contribution in [0.5, 0.6) is 0 Å². The Kier molecular flexibility index (Phi) is 11.3. The van der Waals surface area contributed by atoms with Crippen LogP contribution in [0.4, 0.5) is 0 Å². The molecular formula is C14H32N2. The van der Waals surface area contributed by atoms with Gasteiger partial charge in [0.2, 0.25) is 0 Å². The standard InChI is InChI=1S/C14H32N2/c1-5-6-8-11-16(4)12-9-7-10-15-13-14(2)3/h14-15H,5-13H2,1-4H3. The highest BCUT2D eigenvalue weighted by Crippen LogP contribution is 1.98. The van der Waals surface area contributed by atoms with Crippen LogP contribution in [0, 0.1) is 5.92 Å². The summed E-state index contributed by atoms with van der Waals surface area (Å²) in [5.41, 5.74) is 0. The van der Waals surface area contributed by atoms with E-state index < -0.39 is 0 Å². The number of hydrogen-bond acceptors (Lipinski definition) is 2. The Morgan fingerprint density at radius 1 is 1.00 bits per heavy atom. The van der Waals surface area contributed by atoms with Gasteiger partial charge in [-0.15, -0.1) is 0 Å². The van der Waals surface area contributed by atoms with Crippen molar-refractivity contribution in [1.29, 1.82) is 0 Å². The summed E-state index contributed by atoms with van der Waals surface area (Å²) in [5.74, 6) is 0.775. The van der Waals surface area contributed by atoms with Crippen molar-refractivity contribution in [2.45, 2.75) is 52.9 Å². The van der Waals surface area contributed by atoms with E-state index in [0.29, 0.717) is 0 Å². The van der Waals surface area contributed by atoms with Gasteiger partial charge in [-0.1, -0.05) is 33.6 Å². The molecule has 98 valence electrons. The van der Waals surface area contributed by atoms with E-state index in [-0.39, 0.29) is 0 Å². The lowest BCUT2D eigenvalue weighted by Crippen LogP contribution is -2.24. The molecule has 0 aromatic carbocycles. The van der Waals surface area contributed by atoms with Crippen molar-refractivity contribution in [1.82, 2.24) is 10.2 Å². The van der Waals surface area contributed by atoms with Gasteiger partial charge in [-0.3, -0.25) is 0 Å². The van der Waals surface area contributed by atoms with E-state index in [1.165, 1.54) is 51.7 Å². The molecule has 0 saturated carbocycles. The minimum atomic E-state index is 0.775. The second kappa shape index (κ2) is 11.4. The molecule has 2 nitrogen and oxygen atoms in total. The Labute approximate surface area is 103 Å². The number of hydrogen-bond donors (Lipinski definition) is 1. The summed E-state index contributed by atoms with van der Waals surface area (Å²) in [6, 6.07) is 0. The van der Waals surface area contributed by atoms with Gasteiger partial charge in [0.15, 0.2) is 0 Å². The van der Waals surface area contributed by atoms with Gasteiger partial charge in [0.25, 0.3) is 0 Å². The largest absolute Gasteiger partial charge is 0.316 e. The lowest BCUT2D eigenvalue weighted by molar-refractivity contribution is 0.316. The molecule has 0 aromatic heterocycles. The van der Waals surface area contributed by atoms with E-state index >= 15 is 0 Å². The van der Waals surface area contributed by atoms with E-state index in [1.54, 1.807) is 0 Å². The van der Waals surface area contributed by atoms with Gasteiger partial charge in [-0.05, 0) is 58.4 Å². The van der Waals surface area contributed by atoms with Crippen LogP contribution in [0.2, 0.25) is 0 Å². The van der Waals surface area contributed by atoms with E-state index in [1.807, 2.05) is 0 Å². The quantitative estimate of drug-likeness (QED) is 0.547. The van der Waals surface area contributed by atoms with Gasteiger partial charge in [-0.2, -0.15) is 0 Å². The Bertz CT molecular complexity index is 135. The molecule has 0 bridgehead atoms. The smallest absolute Gasteiger partial charge is 0.00213 e. The fraction of sp³-hybridized carbons (Fsp3) is 1.00. The Morgan fingerprint density at radius 2 is 1.62 bits per heavy atom. The summed E-state index contributed by atoms with van der Waals surface area (Å²) >= 11 is 0. The first-order valence-electron chi connectivity index (χ1n) is 7.06. The number of nitrogens with zero attached hydrogens (tertiary/aromatic N) is 1. The average molecular weight is 228 g/mol. The van der Waals surface area contributed by atoms with Crippen molar-refractivity contribution in [3.05, 3.63) is 0 Å². The molecule has 0 fully saturated rings. The number of unbranched alkanes of at least 4 members (excludes halogenated alkanes) is 3. The molecule has 0 radical (unpaired) electrons. The fourth-order valence-corrected chi connectivity index (χ4v) is 1.77. The van der Waals surface area contributed by atoms with Crippen LogP contribution in [-0.2, 0) is 0 Å².